The molecule has 4 rings (SSSR count). The summed E-state index contributed by atoms with van der Waals surface area (Å²) in [6.07, 6.45) is 0. The first-order valence-electron chi connectivity index (χ1n) is 10.7. The third kappa shape index (κ3) is 4.58. The molecule has 0 fully saturated rings. The van der Waals surface area contributed by atoms with Gasteiger partial charge in [-0.25, -0.2) is 4.98 Å². The van der Waals surface area contributed by atoms with E-state index in [4.69, 9.17) is 0 Å². The van der Waals surface area contributed by atoms with E-state index in [1.807, 2.05) is 31.2 Å². The predicted octanol–water partition coefficient (Wildman–Crippen LogP) is 2.57. The van der Waals surface area contributed by atoms with Crippen LogP contribution in [0.4, 0.5) is 5.69 Å². The Labute approximate surface area is 195 Å². The topological polar surface area (TPSA) is 131 Å². The quantitative estimate of drug-likeness (QED) is 0.272. The van der Waals surface area contributed by atoms with E-state index in [9.17, 15) is 25.1 Å². The molecule has 1 aromatic heterocycles. The molecular formula is C25H24N4O5. The van der Waals surface area contributed by atoms with Crippen molar-refractivity contribution in [3.8, 4) is 5.69 Å². The molecule has 0 saturated heterocycles. The molecule has 3 aromatic carbocycles. The Kier molecular flexibility index (Phi) is 6.51. The second-order valence-corrected chi connectivity index (χ2v) is 8.12. The second-order valence-electron chi connectivity index (χ2n) is 8.12. The molecule has 0 saturated carbocycles. The zero-order valence-electron chi connectivity index (χ0n) is 18.5. The molecule has 0 aliphatic rings. The van der Waals surface area contributed by atoms with Gasteiger partial charge in [0.2, 0.25) is 0 Å². The van der Waals surface area contributed by atoms with Crippen molar-refractivity contribution in [3.63, 3.8) is 0 Å². The highest BCUT2D eigenvalue weighted by atomic mass is 16.6. The molecule has 9 heteroatoms. The van der Waals surface area contributed by atoms with E-state index in [-0.39, 0.29) is 24.3 Å². The van der Waals surface area contributed by atoms with Crippen molar-refractivity contribution < 1.29 is 15.1 Å². The van der Waals surface area contributed by atoms with E-state index >= 15 is 0 Å². The van der Waals surface area contributed by atoms with Gasteiger partial charge in [-0.15, -0.1) is 0 Å². The van der Waals surface area contributed by atoms with Crippen LogP contribution in [0.3, 0.4) is 0 Å². The van der Waals surface area contributed by atoms with Gasteiger partial charge in [-0.1, -0.05) is 29.8 Å². The number of para-hydroxylation sites is 1. The molecule has 0 aliphatic carbocycles. The van der Waals surface area contributed by atoms with Gasteiger partial charge in [0, 0.05) is 18.7 Å². The number of benzene rings is 3. The Balaban J connectivity index is 1.64. The van der Waals surface area contributed by atoms with Crippen LogP contribution in [-0.4, -0.2) is 37.8 Å². The average molecular weight is 460 g/mol. The van der Waals surface area contributed by atoms with Crippen LogP contribution in [0.1, 0.15) is 17.0 Å². The number of aliphatic hydroxyl groups excluding tert-OH is 1. The number of non-ortho nitro benzene ring substituents is 1. The first-order chi connectivity index (χ1) is 16.3. The van der Waals surface area contributed by atoms with Crippen LogP contribution in [0.15, 0.2) is 77.6 Å². The zero-order chi connectivity index (χ0) is 24.3. The number of rotatable bonds is 8. The number of fused-ring (bicyclic) bond motifs is 1. The van der Waals surface area contributed by atoms with Gasteiger partial charge in [-0.2, -0.15) is 0 Å². The van der Waals surface area contributed by atoms with Crippen LogP contribution in [-0.2, 0) is 12.1 Å². The lowest BCUT2D eigenvalue weighted by molar-refractivity contribution is -0.384. The van der Waals surface area contributed by atoms with Crippen LogP contribution >= 0.6 is 0 Å². The SMILES string of the molecule is Cc1ccc(-n2c(CNCC(O)(CO)c3ccc([N+](=O)[O-])cc3)nc3ccccc3c2=O)cc1. The van der Waals surface area contributed by atoms with Gasteiger partial charge >= 0.3 is 0 Å². The van der Waals surface area contributed by atoms with Crippen molar-refractivity contribution >= 4 is 16.6 Å². The third-order valence-electron chi connectivity index (χ3n) is 5.71. The summed E-state index contributed by atoms with van der Waals surface area (Å²) < 4.78 is 1.53. The van der Waals surface area contributed by atoms with Crippen LogP contribution in [0.2, 0.25) is 0 Å². The minimum atomic E-state index is -1.68. The lowest BCUT2D eigenvalue weighted by Crippen LogP contribution is -2.41. The number of hydrogen-bond donors (Lipinski definition) is 3. The Bertz CT molecular complexity index is 1380. The zero-order valence-corrected chi connectivity index (χ0v) is 18.5. The molecule has 0 amide bonds. The molecule has 9 nitrogen and oxygen atoms in total. The number of nitrogens with zero attached hydrogens (tertiary/aromatic N) is 3. The third-order valence-corrected chi connectivity index (χ3v) is 5.71. The lowest BCUT2D eigenvalue weighted by Gasteiger charge is -2.27. The standard InChI is InChI=1S/C25H24N4O5/c1-17-6-10-19(11-7-17)28-23(27-22-5-3-2-4-21(22)24(28)31)14-26-15-25(32,16-30)18-8-12-20(13-9-18)29(33)34/h2-13,26,30,32H,14-16H2,1H3. The largest absolute Gasteiger partial charge is 0.393 e. The number of nitrogens with one attached hydrogen (secondary N) is 1. The van der Waals surface area contributed by atoms with E-state index in [1.165, 1.54) is 28.8 Å². The van der Waals surface area contributed by atoms with Gasteiger partial charge in [0.1, 0.15) is 11.4 Å². The number of aromatic nitrogens is 2. The number of aryl methyl sites for hydroxylation is 1. The highest BCUT2D eigenvalue weighted by Crippen LogP contribution is 2.23. The Morgan fingerprint density at radius 3 is 2.38 bits per heavy atom. The van der Waals surface area contributed by atoms with Gasteiger partial charge in [0.05, 0.1) is 34.7 Å². The first kappa shape index (κ1) is 23.2. The summed E-state index contributed by atoms with van der Waals surface area (Å²) in [5.74, 6) is 0.441. The highest BCUT2D eigenvalue weighted by Gasteiger charge is 2.29. The summed E-state index contributed by atoms with van der Waals surface area (Å²) in [6, 6.07) is 20.0. The molecule has 0 spiro atoms. The van der Waals surface area contributed by atoms with Crippen LogP contribution in [0.5, 0.6) is 0 Å². The molecule has 1 unspecified atom stereocenters. The van der Waals surface area contributed by atoms with E-state index in [0.29, 0.717) is 28.0 Å². The van der Waals surface area contributed by atoms with Crippen LogP contribution < -0.4 is 10.9 Å². The van der Waals surface area contributed by atoms with Gasteiger partial charge < -0.3 is 15.5 Å². The maximum atomic E-state index is 13.3. The average Bonchev–Trinajstić information content (AvgIpc) is 2.85. The Morgan fingerprint density at radius 1 is 1.06 bits per heavy atom. The molecule has 3 N–H and O–H groups in total. The number of hydrogen-bond acceptors (Lipinski definition) is 7. The lowest BCUT2D eigenvalue weighted by atomic mass is 9.94. The summed E-state index contributed by atoms with van der Waals surface area (Å²) in [5.41, 5.74) is 0.607. The van der Waals surface area contributed by atoms with Crippen LogP contribution in [0, 0.1) is 17.0 Å². The molecule has 4 aromatic rings. The first-order valence-corrected chi connectivity index (χ1v) is 10.7. The maximum Gasteiger partial charge on any atom is 0.269 e. The van der Waals surface area contributed by atoms with Gasteiger partial charge in [0.25, 0.3) is 11.2 Å². The van der Waals surface area contributed by atoms with Crippen molar-refractivity contribution in [1.29, 1.82) is 0 Å². The molecule has 0 aliphatic heterocycles. The summed E-state index contributed by atoms with van der Waals surface area (Å²) in [4.78, 5) is 28.3. The number of nitro benzene ring substituents is 1. The minimum Gasteiger partial charge on any atom is -0.393 e. The Morgan fingerprint density at radius 2 is 1.74 bits per heavy atom. The smallest absolute Gasteiger partial charge is 0.269 e. The second kappa shape index (κ2) is 9.52. The highest BCUT2D eigenvalue weighted by molar-refractivity contribution is 5.77. The van der Waals surface area contributed by atoms with E-state index in [1.54, 1.807) is 24.3 Å². The fourth-order valence-corrected chi connectivity index (χ4v) is 3.78. The van der Waals surface area contributed by atoms with Crippen LogP contribution in [0.25, 0.3) is 16.6 Å². The summed E-state index contributed by atoms with van der Waals surface area (Å²) in [5, 5.41) is 35.3. The fourth-order valence-electron chi connectivity index (χ4n) is 3.78. The normalized spacial score (nSPS) is 13.0. The monoisotopic (exact) mass is 460 g/mol. The van der Waals surface area contributed by atoms with Gasteiger partial charge in [0.15, 0.2) is 0 Å². The molecule has 34 heavy (non-hydrogen) atoms. The van der Waals surface area contributed by atoms with Crippen molar-refractivity contribution in [3.05, 3.63) is 110 Å². The maximum absolute atomic E-state index is 13.3. The van der Waals surface area contributed by atoms with Crippen molar-refractivity contribution in [2.45, 2.75) is 19.1 Å². The summed E-state index contributed by atoms with van der Waals surface area (Å²) >= 11 is 0. The number of nitro groups is 1. The van der Waals surface area contributed by atoms with Gasteiger partial charge in [-0.3, -0.25) is 19.5 Å². The molecule has 0 bridgehead atoms. The van der Waals surface area contributed by atoms with Crippen molar-refractivity contribution in [2.24, 2.45) is 0 Å². The summed E-state index contributed by atoms with van der Waals surface area (Å²) in [6.45, 7) is 1.41. The predicted molar refractivity (Wildman–Crippen MR) is 128 cm³/mol. The Hall–Kier alpha value is -3.92. The fraction of sp³-hybridized carbons (Fsp3) is 0.200. The molecular weight excluding hydrogens is 436 g/mol. The minimum absolute atomic E-state index is 0.0715. The van der Waals surface area contributed by atoms with E-state index < -0.39 is 17.1 Å². The molecule has 1 atom stereocenters. The summed E-state index contributed by atoms with van der Waals surface area (Å²) in [7, 11) is 0. The van der Waals surface area contributed by atoms with Gasteiger partial charge in [-0.05, 0) is 48.9 Å². The van der Waals surface area contributed by atoms with E-state index in [2.05, 4.69) is 10.3 Å². The van der Waals surface area contributed by atoms with E-state index in [0.717, 1.165) is 5.56 Å². The number of aliphatic hydroxyl groups is 2. The molecule has 1 heterocycles. The molecule has 174 valence electrons. The van der Waals surface area contributed by atoms with Crippen molar-refractivity contribution in [2.75, 3.05) is 13.2 Å². The van der Waals surface area contributed by atoms with Crippen molar-refractivity contribution in [1.82, 2.24) is 14.9 Å². The molecule has 0 radical (unpaired) electrons.